The molecule has 0 aliphatic carbocycles. The van der Waals surface area contributed by atoms with Crippen molar-refractivity contribution in [2.75, 3.05) is 5.32 Å². The van der Waals surface area contributed by atoms with Gasteiger partial charge in [0, 0.05) is 9.26 Å². The fourth-order valence-corrected chi connectivity index (χ4v) is 3.07. The predicted octanol–water partition coefficient (Wildman–Crippen LogP) is 5.67. The molecule has 0 bridgehead atoms. The summed E-state index contributed by atoms with van der Waals surface area (Å²) in [7, 11) is 0. The first-order valence-electron chi connectivity index (χ1n) is 7.86. The minimum Gasteiger partial charge on any atom is -0.322 e. The van der Waals surface area contributed by atoms with Gasteiger partial charge in [-0.3, -0.25) is 4.79 Å². The van der Waals surface area contributed by atoms with E-state index in [0.717, 1.165) is 21.2 Å². The Hall–Kier alpha value is -1.36. The number of carbonyl (C=O) groups is 1. The molecule has 0 aromatic heterocycles. The second kappa shape index (κ2) is 8.93. The van der Waals surface area contributed by atoms with Gasteiger partial charge in [0.1, 0.15) is 0 Å². The van der Waals surface area contributed by atoms with Crippen molar-refractivity contribution in [3.8, 4) is 0 Å². The van der Waals surface area contributed by atoms with Crippen LogP contribution < -0.4 is 5.32 Å². The van der Waals surface area contributed by atoms with Crippen LogP contribution >= 0.6 is 22.6 Å². The summed E-state index contributed by atoms with van der Waals surface area (Å²) < 4.78 is 0.970. The average molecular weight is 407 g/mol. The summed E-state index contributed by atoms with van der Waals surface area (Å²) in [4.78, 5) is 12.4. The molecule has 1 amide bonds. The molecule has 22 heavy (non-hydrogen) atoms. The number of anilines is 1. The zero-order valence-electron chi connectivity index (χ0n) is 12.9. The van der Waals surface area contributed by atoms with Crippen molar-refractivity contribution in [3.63, 3.8) is 0 Å². The first kappa shape index (κ1) is 17.0. The number of amides is 1. The summed E-state index contributed by atoms with van der Waals surface area (Å²) in [6, 6.07) is 15.8. The molecular formula is C19H22INO. The van der Waals surface area contributed by atoms with Gasteiger partial charge in [0.2, 0.25) is 0 Å². The highest BCUT2D eigenvalue weighted by molar-refractivity contribution is 14.1. The van der Waals surface area contributed by atoms with E-state index in [1.54, 1.807) is 0 Å². The Labute approximate surface area is 146 Å². The molecule has 0 saturated heterocycles. The zero-order valence-corrected chi connectivity index (χ0v) is 15.1. The number of unbranched alkanes of at least 4 members (excludes halogenated alkanes) is 3. The first-order valence-corrected chi connectivity index (χ1v) is 8.94. The number of hydrogen-bond donors (Lipinski definition) is 1. The number of halogens is 1. The Kier molecular flexibility index (Phi) is 6.90. The number of carbonyl (C=O) groups excluding carboxylic acids is 1. The molecule has 0 atom stereocenters. The van der Waals surface area contributed by atoms with Crippen LogP contribution in [-0.2, 0) is 6.42 Å². The van der Waals surface area contributed by atoms with Crippen molar-refractivity contribution >= 4 is 34.2 Å². The van der Waals surface area contributed by atoms with Gasteiger partial charge < -0.3 is 5.32 Å². The topological polar surface area (TPSA) is 29.1 Å². The molecule has 1 N–H and O–H groups in total. The number of aryl methyl sites for hydroxylation is 1. The van der Waals surface area contributed by atoms with E-state index in [2.05, 4.69) is 40.9 Å². The van der Waals surface area contributed by atoms with Crippen LogP contribution in [0.15, 0.2) is 48.5 Å². The lowest BCUT2D eigenvalue weighted by Crippen LogP contribution is -2.14. The molecule has 0 fully saturated rings. The van der Waals surface area contributed by atoms with Crippen molar-refractivity contribution in [1.29, 1.82) is 0 Å². The van der Waals surface area contributed by atoms with Crippen LogP contribution in [0.4, 0.5) is 5.69 Å². The van der Waals surface area contributed by atoms with Crippen LogP contribution in [0.3, 0.4) is 0 Å². The van der Waals surface area contributed by atoms with Gasteiger partial charge in [-0.1, -0.05) is 56.5 Å². The van der Waals surface area contributed by atoms with Gasteiger partial charge in [0.15, 0.2) is 0 Å². The number of rotatable bonds is 7. The SMILES string of the molecule is CCCCCCc1ccccc1NC(=O)c1ccccc1I. The normalized spacial score (nSPS) is 10.5. The van der Waals surface area contributed by atoms with Crippen molar-refractivity contribution in [2.24, 2.45) is 0 Å². The van der Waals surface area contributed by atoms with E-state index >= 15 is 0 Å². The average Bonchev–Trinajstić information content (AvgIpc) is 2.53. The van der Waals surface area contributed by atoms with Gasteiger partial charge in [-0.25, -0.2) is 0 Å². The molecule has 2 aromatic rings. The number of nitrogens with one attached hydrogen (secondary N) is 1. The van der Waals surface area contributed by atoms with Crippen LogP contribution in [0, 0.1) is 3.57 Å². The van der Waals surface area contributed by atoms with E-state index in [0.29, 0.717) is 0 Å². The molecule has 0 radical (unpaired) electrons. The fraction of sp³-hybridized carbons (Fsp3) is 0.316. The Morgan fingerprint density at radius 1 is 1.00 bits per heavy atom. The van der Waals surface area contributed by atoms with Crippen molar-refractivity contribution < 1.29 is 4.79 Å². The maximum Gasteiger partial charge on any atom is 0.256 e. The quantitative estimate of drug-likeness (QED) is 0.465. The third-order valence-corrected chi connectivity index (χ3v) is 4.62. The lowest BCUT2D eigenvalue weighted by Gasteiger charge is -2.12. The molecule has 0 saturated carbocycles. The Bertz CT molecular complexity index is 624. The number of para-hydroxylation sites is 1. The van der Waals surface area contributed by atoms with Crippen LogP contribution in [-0.4, -0.2) is 5.91 Å². The van der Waals surface area contributed by atoms with Gasteiger partial charge in [0.05, 0.1) is 5.56 Å². The van der Waals surface area contributed by atoms with Crippen LogP contribution in [0.25, 0.3) is 0 Å². The highest BCUT2D eigenvalue weighted by Crippen LogP contribution is 2.20. The standard InChI is InChI=1S/C19H22INO/c1-2-3-4-5-10-15-11-6-9-14-18(15)21-19(22)16-12-7-8-13-17(16)20/h6-9,11-14H,2-5,10H2,1H3,(H,21,22). The summed E-state index contributed by atoms with van der Waals surface area (Å²) in [5, 5.41) is 3.06. The summed E-state index contributed by atoms with van der Waals surface area (Å²) in [5.41, 5.74) is 2.88. The van der Waals surface area contributed by atoms with E-state index in [-0.39, 0.29) is 5.91 Å². The Morgan fingerprint density at radius 3 is 2.50 bits per heavy atom. The summed E-state index contributed by atoms with van der Waals surface area (Å²) in [6.07, 6.45) is 5.95. The van der Waals surface area contributed by atoms with Gasteiger partial charge in [-0.2, -0.15) is 0 Å². The van der Waals surface area contributed by atoms with E-state index < -0.39 is 0 Å². The molecule has 3 heteroatoms. The maximum atomic E-state index is 12.4. The van der Waals surface area contributed by atoms with Crippen molar-refractivity contribution in [2.45, 2.75) is 39.0 Å². The Balaban J connectivity index is 2.06. The van der Waals surface area contributed by atoms with E-state index in [1.165, 1.54) is 31.2 Å². The lowest BCUT2D eigenvalue weighted by molar-refractivity contribution is 0.102. The third kappa shape index (κ3) is 4.83. The highest BCUT2D eigenvalue weighted by Gasteiger charge is 2.11. The molecule has 2 nitrogen and oxygen atoms in total. The van der Waals surface area contributed by atoms with E-state index in [9.17, 15) is 4.79 Å². The molecule has 0 spiro atoms. The fourth-order valence-electron chi connectivity index (χ4n) is 2.44. The van der Waals surface area contributed by atoms with Crippen molar-refractivity contribution in [3.05, 3.63) is 63.2 Å². The minimum atomic E-state index is -0.0361. The monoisotopic (exact) mass is 407 g/mol. The molecule has 0 aliphatic rings. The minimum absolute atomic E-state index is 0.0361. The van der Waals surface area contributed by atoms with Gasteiger partial charge >= 0.3 is 0 Å². The first-order chi connectivity index (χ1) is 10.7. The van der Waals surface area contributed by atoms with Gasteiger partial charge in [-0.05, 0) is 59.2 Å². The van der Waals surface area contributed by atoms with Gasteiger partial charge in [-0.15, -0.1) is 0 Å². The Morgan fingerprint density at radius 2 is 1.73 bits per heavy atom. The van der Waals surface area contributed by atoms with Crippen LogP contribution in [0.2, 0.25) is 0 Å². The molecule has 2 rings (SSSR count). The zero-order chi connectivity index (χ0) is 15.8. The van der Waals surface area contributed by atoms with Gasteiger partial charge in [0.25, 0.3) is 5.91 Å². The number of benzene rings is 2. The molecule has 0 heterocycles. The summed E-state index contributed by atoms with van der Waals surface area (Å²) >= 11 is 2.20. The highest BCUT2D eigenvalue weighted by atomic mass is 127. The van der Waals surface area contributed by atoms with E-state index in [4.69, 9.17) is 0 Å². The predicted molar refractivity (Wildman–Crippen MR) is 101 cm³/mol. The molecular weight excluding hydrogens is 385 g/mol. The second-order valence-corrected chi connectivity index (χ2v) is 6.56. The molecule has 116 valence electrons. The largest absolute Gasteiger partial charge is 0.322 e. The van der Waals surface area contributed by atoms with E-state index in [1.807, 2.05) is 42.5 Å². The maximum absolute atomic E-state index is 12.4. The third-order valence-electron chi connectivity index (χ3n) is 3.68. The smallest absolute Gasteiger partial charge is 0.256 e. The van der Waals surface area contributed by atoms with Crippen LogP contribution in [0.1, 0.15) is 48.5 Å². The molecule has 0 unspecified atom stereocenters. The number of hydrogen-bond acceptors (Lipinski definition) is 1. The second-order valence-electron chi connectivity index (χ2n) is 5.40. The molecule has 2 aromatic carbocycles. The molecule has 0 aliphatic heterocycles. The summed E-state index contributed by atoms with van der Waals surface area (Å²) in [6.45, 7) is 2.22. The summed E-state index contributed by atoms with van der Waals surface area (Å²) in [5.74, 6) is -0.0361. The lowest BCUT2D eigenvalue weighted by atomic mass is 10.0. The van der Waals surface area contributed by atoms with Crippen molar-refractivity contribution in [1.82, 2.24) is 0 Å². The van der Waals surface area contributed by atoms with Crippen LogP contribution in [0.5, 0.6) is 0 Å².